The zero-order chi connectivity index (χ0) is 19.5. The van der Waals surface area contributed by atoms with E-state index in [1.54, 1.807) is 11.8 Å². The Kier molecular flexibility index (Phi) is 5.77. The summed E-state index contributed by atoms with van der Waals surface area (Å²) in [6, 6.07) is 21.8. The number of hydrogen-bond acceptors (Lipinski definition) is 2. The van der Waals surface area contributed by atoms with Gasteiger partial charge in [-0.2, -0.15) is 0 Å². The molecular formula is C23H17Cl2NOS. The third-order valence-corrected chi connectivity index (χ3v) is 6.05. The fourth-order valence-electron chi connectivity index (χ4n) is 3.12. The van der Waals surface area contributed by atoms with Gasteiger partial charge in [0.2, 0.25) is 0 Å². The Morgan fingerprint density at radius 2 is 1.79 bits per heavy atom. The van der Waals surface area contributed by atoms with Crippen molar-refractivity contribution < 1.29 is 4.79 Å². The molecule has 1 heterocycles. The molecule has 0 spiro atoms. The topological polar surface area (TPSA) is 29.1 Å². The summed E-state index contributed by atoms with van der Waals surface area (Å²) in [4.78, 5) is 14.8. The smallest absolute Gasteiger partial charge is 0.256 e. The lowest BCUT2D eigenvalue weighted by Gasteiger charge is -2.07. The summed E-state index contributed by atoms with van der Waals surface area (Å²) < 4.78 is 0. The van der Waals surface area contributed by atoms with E-state index in [0.29, 0.717) is 16.5 Å². The molecule has 2 nitrogen and oxygen atoms in total. The van der Waals surface area contributed by atoms with Crippen LogP contribution in [0.1, 0.15) is 16.7 Å². The maximum Gasteiger partial charge on any atom is 0.256 e. The van der Waals surface area contributed by atoms with Crippen LogP contribution >= 0.6 is 35.0 Å². The summed E-state index contributed by atoms with van der Waals surface area (Å²) in [5.41, 5.74) is 4.58. The Balaban J connectivity index is 1.71. The van der Waals surface area contributed by atoms with Crippen LogP contribution in [0.15, 0.2) is 76.5 Å². The molecule has 0 bridgehead atoms. The van der Waals surface area contributed by atoms with E-state index >= 15 is 0 Å². The Bertz CT molecular complexity index is 1060. The van der Waals surface area contributed by atoms with Crippen LogP contribution in [0.5, 0.6) is 0 Å². The number of alkyl halides is 1. The number of nitrogens with one attached hydrogen (secondary N) is 1. The third kappa shape index (κ3) is 4.12. The van der Waals surface area contributed by atoms with Gasteiger partial charge in [0.05, 0.1) is 0 Å². The lowest BCUT2D eigenvalue weighted by Crippen LogP contribution is -2.03. The average molecular weight is 426 g/mol. The molecule has 1 amide bonds. The molecule has 4 rings (SSSR count). The Morgan fingerprint density at radius 1 is 1.00 bits per heavy atom. The number of carbonyl (C=O) groups is 1. The zero-order valence-corrected chi connectivity index (χ0v) is 17.2. The number of rotatable bonds is 5. The summed E-state index contributed by atoms with van der Waals surface area (Å²) in [6.07, 6.45) is 2.74. The SMILES string of the molecule is O=C1Nc2ccc(CCCl)cc2C1=Cc1ccccc1Sc1ccc(Cl)cc1. The summed E-state index contributed by atoms with van der Waals surface area (Å²) in [7, 11) is 0. The zero-order valence-electron chi connectivity index (χ0n) is 14.9. The fourth-order valence-corrected chi connectivity index (χ4v) is 4.38. The predicted octanol–water partition coefficient (Wildman–Crippen LogP) is 6.77. The highest BCUT2D eigenvalue weighted by molar-refractivity contribution is 7.99. The number of anilines is 1. The number of fused-ring (bicyclic) bond motifs is 1. The molecule has 0 saturated carbocycles. The second-order valence-corrected chi connectivity index (χ2v) is 8.35. The highest BCUT2D eigenvalue weighted by Crippen LogP contribution is 2.37. The molecular weight excluding hydrogens is 409 g/mol. The molecule has 0 aromatic heterocycles. The monoisotopic (exact) mass is 425 g/mol. The maximum absolute atomic E-state index is 12.6. The van der Waals surface area contributed by atoms with Crippen molar-refractivity contribution in [2.75, 3.05) is 11.2 Å². The van der Waals surface area contributed by atoms with E-state index in [0.717, 1.165) is 38.6 Å². The van der Waals surface area contributed by atoms with Gasteiger partial charge in [-0.15, -0.1) is 11.6 Å². The van der Waals surface area contributed by atoms with Gasteiger partial charge in [-0.05, 0) is 66.1 Å². The average Bonchev–Trinajstić information content (AvgIpc) is 3.00. The molecule has 1 aliphatic heterocycles. The van der Waals surface area contributed by atoms with Crippen LogP contribution in [0.4, 0.5) is 5.69 Å². The molecule has 0 unspecified atom stereocenters. The molecule has 0 fully saturated rings. The lowest BCUT2D eigenvalue weighted by atomic mass is 10.0. The lowest BCUT2D eigenvalue weighted by molar-refractivity contribution is -0.110. The second kappa shape index (κ2) is 8.44. The van der Waals surface area contributed by atoms with E-state index in [4.69, 9.17) is 23.2 Å². The van der Waals surface area contributed by atoms with Crippen LogP contribution in [0, 0.1) is 0 Å². The highest BCUT2D eigenvalue weighted by Gasteiger charge is 2.24. The van der Waals surface area contributed by atoms with E-state index in [2.05, 4.69) is 17.4 Å². The fraction of sp³-hybridized carbons (Fsp3) is 0.0870. The number of benzene rings is 3. The highest BCUT2D eigenvalue weighted by atomic mass is 35.5. The van der Waals surface area contributed by atoms with Gasteiger partial charge >= 0.3 is 0 Å². The first-order chi connectivity index (χ1) is 13.6. The van der Waals surface area contributed by atoms with E-state index in [1.807, 2.05) is 60.7 Å². The standard InChI is InChI=1S/C23H17Cl2NOS/c24-12-11-15-5-10-21-19(13-15)20(23(27)26-21)14-16-3-1-2-4-22(16)28-18-8-6-17(25)7-9-18/h1-10,13-14H,11-12H2,(H,26,27). The van der Waals surface area contributed by atoms with Gasteiger partial charge in [0.15, 0.2) is 0 Å². The first kappa shape index (κ1) is 19.1. The van der Waals surface area contributed by atoms with E-state index < -0.39 is 0 Å². The maximum atomic E-state index is 12.6. The van der Waals surface area contributed by atoms with E-state index in [9.17, 15) is 4.79 Å². The molecule has 0 radical (unpaired) electrons. The van der Waals surface area contributed by atoms with Gasteiger partial charge in [-0.1, -0.05) is 47.6 Å². The van der Waals surface area contributed by atoms with Gasteiger partial charge in [0, 0.05) is 37.5 Å². The molecule has 28 heavy (non-hydrogen) atoms. The third-order valence-electron chi connectivity index (χ3n) is 4.51. The van der Waals surface area contributed by atoms with Crippen LogP contribution in [0.25, 0.3) is 11.6 Å². The quantitative estimate of drug-likeness (QED) is 0.361. The largest absolute Gasteiger partial charge is 0.321 e. The molecule has 0 aliphatic carbocycles. The van der Waals surface area contributed by atoms with Gasteiger partial charge in [-0.3, -0.25) is 4.79 Å². The minimum atomic E-state index is -0.0793. The Labute approximate surface area is 178 Å². The summed E-state index contributed by atoms with van der Waals surface area (Å²) in [6.45, 7) is 0. The van der Waals surface area contributed by atoms with Crippen molar-refractivity contribution in [1.29, 1.82) is 0 Å². The van der Waals surface area contributed by atoms with Crippen molar-refractivity contribution in [2.45, 2.75) is 16.2 Å². The molecule has 0 saturated heterocycles. The minimum Gasteiger partial charge on any atom is -0.321 e. The van der Waals surface area contributed by atoms with Crippen molar-refractivity contribution in [3.63, 3.8) is 0 Å². The van der Waals surface area contributed by atoms with Gasteiger partial charge in [-0.25, -0.2) is 0 Å². The van der Waals surface area contributed by atoms with Crippen molar-refractivity contribution in [1.82, 2.24) is 0 Å². The van der Waals surface area contributed by atoms with E-state index in [1.165, 1.54) is 0 Å². The van der Waals surface area contributed by atoms with Gasteiger partial charge < -0.3 is 5.32 Å². The Hall–Kier alpha value is -2.20. The molecule has 3 aromatic rings. The second-order valence-electron chi connectivity index (χ2n) is 6.42. The molecule has 1 N–H and O–H groups in total. The summed E-state index contributed by atoms with van der Waals surface area (Å²) in [5, 5.41) is 3.67. The van der Waals surface area contributed by atoms with Crippen molar-refractivity contribution in [3.05, 3.63) is 88.4 Å². The summed E-state index contributed by atoms with van der Waals surface area (Å²) in [5.74, 6) is 0.476. The normalized spacial score (nSPS) is 14.2. The van der Waals surface area contributed by atoms with Crippen LogP contribution in [-0.2, 0) is 11.2 Å². The van der Waals surface area contributed by atoms with Gasteiger partial charge in [0.25, 0.3) is 5.91 Å². The number of halogens is 2. The molecule has 5 heteroatoms. The molecule has 3 aromatic carbocycles. The van der Waals surface area contributed by atoms with Crippen LogP contribution < -0.4 is 5.32 Å². The number of carbonyl (C=O) groups excluding carboxylic acids is 1. The number of aryl methyl sites for hydroxylation is 1. The van der Waals surface area contributed by atoms with Crippen molar-refractivity contribution >= 4 is 58.2 Å². The predicted molar refractivity (Wildman–Crippen MR) is 119 cm³/mol. The van der Waals surface area contributed by atoms with Crippen molar-refractivity contribution in [2.24, 2.45) is 0 Å². The molecule has 0 atom stereocenters. The minimum absolute atomic E-state index is 0.0793. The van der Waals surface area contributed by atoms with Crippen LogP contribution in [-0.4, -0.2) is 11.8 Å². The van der Waals surface area contributed by atoms with E-state index in [-0.39, 0.29) is 5.91 Å². The Morgan fingerprint density at radius 3 is 2.57 bits per heavy atom. The molecule has 140 valence electrons. The van der Waals surface area contributed by atoms with Gasteiger partial charge in [0.1, 0.15) is 0 Å². The first-order valence-electron chi connectivity index (χ1n) is 8.89. The summed E-state index contributed by atoms with van der Waals surface area (Å²) >= 11 is 13.5. The first-order valence-corrected chi connectivity index (χ1v) is 10.6. The molecule has 1 aliphatic rings. The van der Waals surface area contributed by atoms with Crippen molar-refractivity contribution in [3.8, 4) is 0 Å². The number of hydrogen-bond donors (Lipinski definition) is 1. The van der Waals surface area contributed by atoms with Crippen LogP contribution in [0.2, 0.25) is 5.02 Å². The number of amides is 1. The van der Waals surface area contributed by atoms with Crippen LogP contribution in [0.3, 0.4) is 0 Å².